The largest absolute Gasteiger partial charge is 0.444 e. The van der Waals surface area contributed by atoms with Gasteiger partial charge in [-0.2, -0.15) is 0 Å². The Morgan fingerprint density at radius 3 is 2.22 bits per heavy atom. The summed E-state index contributed by atoms with van der Waals surface area (Å²) in [7, 11) is -3.25. The number of piperidine rings is 1. The van der Waals surface area contributed by atoms with Crippen molar-refractivity contribution in [1.29, 1.82) is 0 Å². The van der Waals surface area contributed by atoms with Gasteiger partial charge in [0.1, 0.15) is 5.60 Å². The van der Waals surface area contributed by atoms with Crippen LogP contribution in [0.2, 0.25) is 0 Å². The van der Waals surface area contributed by atoms with Gasteiger partial charge in [-0.15, -0.1) is 0 Å². The number of hydrogen-bond acceptors (Lipinski definition) is 6. The Labute approximate surface area is 191 Å². The predicted octanol–water partition coefficient (Wildman–Crippen LogP) is 2.78. The molecule has 0 spiro atoms. The maximum absolute atomic E-state index is 12.7. The fraction of sp³-hybridized carbons (Fsp3) is 0.652. The van der Waals surface area contributed by atoms with E-state index in [2.05, 4.69) is 4.90 Å². The van der Waals surface area contributed by atoms with Gasteiger partial charge in [-0.1, -0.05) is 0 Å². The summed E-state index contributed by atoms with van der Waals surface area (Å²) >= 11 is 0. The normalized spacial score (nSPS) is 19.3. The molecule has 9 heteroatoms. The van der Waals surface area contributed by atoms with Crippen LogP contribution in [0.4, 0.5) is 10.5 Å². The third-order valence-corrected chi connectivity index (χ3v) is 7.12. The summed E-state index contributed by atoms with van der Waals surface area (Å²) in [5.74, 6) is 0.577. The predicted molar refractivity (Wildman–Crippen MR) is 123 cm³/mol. The van der Waals surface area contributed by atoms with Gasteiger partial charge in [-0.05, 0) is 76.8 Å². The van der Waals surface area contributed by atoms with Crippen molar-refractivity contribution in [1.82, 2.24) is 9.80 Å². The lowest BCUT2D eigenvalue weighted by Crippen LogP contribution is -2.51. The van der Waals surface area contributed by atoms with Crippen LogP contribution in [0.25, 0.3) is 0 Å². The SMILES string of the molecule is CC(C)(C)OC(=O)N1CCC(CCN2CCN(c3ccc(S(C)(=O)=O)cc3)C(=O)C2)CC1. The number of likely N-dealkylation sites (tertiary alicyclic amines) is 1. The van der Waals surface area contributed by atoms with E-state index in [1.54, 1.807) is 34.1 Å². The second-order valence-corrected chi connectivity index (χ2v) is 11.8. The van der Waals surface area contributed by atoms with Crippen LogP contribution < -0.4 is 4.90 Å². The van der Waals surface area contributed by atoms with Gasteiger partial charge in [0, 0.05) is 38.1 Å². The van der Waals surface area contributed by atoms with Gasteiger partial charge in [0.25, 0.3) is 0 Å². The van der Waals surface area contributed by atoms with Crippen LogP contribution in [0, 0.1) is 5.92 Å². The molecule has 2 saturated heterocycles. The Morgan fingerprint density at radius 1 is 1.06 bits per heavy atom. The number of ether oxygens (including phenoxy) is 1. The van der Waals surface area contributed by atoms with Gasteiger partial charge < -0.3 is 14.5 Å². The summed E-state index contributed by atoms with van der Waals surface area (Å²) in [5, 5.41) is 0. The number of nitrogens with zero attached hydrogens (tertiary/aromatic N) is 3. The molecule has 2 aliphatic rings. The van der Waals surface area contributed by atoms with E-state index in [1.165, 1.54) is 6.26 Å². The lowest BCUT2D eigenvalue weighted by atomic mass is 9.93. The third-order valence-electron chi connectivity index (χ3n) is 6.00. The molecule has 2 aliphatic heterocycles. The zero-order valence-electron chi connectivity index (χ0n) is 19.5. The van der Waals surface area contributed by atoms with E-state index in [1.807, 2.05) is 20.8 Å². The van der Waals surface area contributed by atoms with Crippen molar-refractivity contribution >= 4 is 27.5 Å². The average Bonchev–Trinajstić information content (AvgIpc) is 2.71. The van der Waals surface area contributed by atoms with Crippen molar-refractivity contribution in [2.75, 3.05) is 50.4 Å². The zero-order chi connectivity index (χ0) is 23.5. The van der Waals surface area contributed by atoms with Crippen molar-refractivity contribution in [2.45, 2.75) is 50.5 Å². The van der Waals surface area contributed by atoms with Gasteiger partial charge in [-0.3, -0.25) is 9.69 Å². The molecule has 0 unspecified atom stereocenters. The molecule has 32 heavy (non-hydrogen) atoms. The molecule has 0 N–H and O–H groups in total. The van der Waals surface area contributed by atoms with Gasteiger partial charge in [0.2, 0.25) is 5.91 Å². The van der Waals surface area contributed by atoms with Crippen LogP contribution in [0.3, 0.4) is 0 Å². The molecule has 2 amide bonds. The van der Waals surface area contributed by atoms with E-state index < -0.39 is 15.4 Å². The molecule has 2 heterocycles. The number of benzene rings is 1. The number of carbonyl (C=O) groups excluding carboxylic acids is 2. The summed E-state index contributed by atoms with van der Waals surface area (Å²) in [6.45, 7) is 9.68. The number of amides is 2. The van der Waals surface area contributed by atoms with Crippen molar-refractivity contribution in [3.63, 3.8) is 0 Å². The molecule has 3 rings (SSSR count). The Balaban J connectivity index is 1.42. The Kier molecular flexibility index (Phi) is 7.50. The minimum Gasteiger partial charge on any atom is -0.444 e. The molecule has 0 aliphatic carbocycles. The maximum Gasteiger partial charge on any atom is 0.410 e. The van der Waals surface area contributed by atoms with Gasteiger partial charge in [-0.25, -0.2) is 13.2 Å². The molecular formula is C23H35N3O5S. The Morgan fingerprint density at radius 2 is 1.69 bits per heavy atom. The van der Waals surface area contributed by atoms with Gasteiger partial charge >= 0.3 is 6.09 Å². The molecule has 1 aromatic carbocycles. The van der Waals surface area contributed by atoms with E-state index in [9.17, 15) is 18.0 Å². The van der Waals surface area contributed by atoms with E-state index >= 15 is 0 Å². The quantitative estimate of drug-likeness (QED) is 0.665. The minimum absolute atomic E-state index is 0.0306. The van der Waals surface area contributed by atoms with Crippen LogP contribution in [0.5, 0.6) is 0 Å². The Hall–Kier alpha value is -2.13. The van der Waals surface area contributed by atoms with Gasteiger partial charge in [0.05, 0.1) is 11.4 Å². The molecule has 0 aromatic heterocycles. The molecule has 0 radical (unpaired) electrons. The number of anilines is 1. The fourth-order valence-electron chi connectivity index (χ4n) is 4.15. The topological polar surface area (TPSA) is 87.2 Å². The van der Waals surface area contributed by atoms with Crippen LogP contribution in [-0.4, -0.2) is 81.3 Å². The number of carbonyl (C=O) groups is 2. The molecular weight excluding hydrogens is 430 g/mol. The van der Waals surface area contributed by atoms with Crippen molar-refractivity contribution in [2.24, 2.45) is 5.92 Å². The maximum atomic E-state index is 12.7. The standard InChI is InChI=1S/C23H35N3O5S/c1-23(2,3)31-22(28)25-13-10-18(11-14-25)9-12-24-15-16-26(21(27)17-24)19-5-7-20(8-6-19)32(4,29)30/h5-8,18H,9-17H2,1-4H3. The molecule has 1 aromatic rings. The molecule has 0 bridgehead atoms. The van der Waals surface area contributed by atoms with Crippen LogP contribution in [0.15, 0.2) is 29.2 Å². The molecule has 178 valence electrons. The summed E-state index contributed by atoms with van der Waals surface area (Å²) in [6, 6.07) is 6.49. The smallest absolute Gasteiger partial charge is 0.410 e. The van der Waals surface area contributed by atoms with Crippen LogP contribution >= 0.6 is 0 Å². The van der Waals surface area contributed by atoms with Crippen LogP contribution in [-0.2, 0) is 19.4 Å². The zero-order valence-corrected chi connectivity index (χ0v) is 20.4. The monoisotopic (exact) mass is 465 g/mol. The lowest BCUT2D eigenvalue weighted by molar-refractivity contribution is -0.121. The highest BCUT2D eigenvalue weighted by atomic mass is 32.2. The minimum atomic E-state index is -3.25. The first-order chi connectivity index (χ1) is 14.9. The highest BCUT2D eigenvalue weighted by molar-refractivity contribution is 7.90. The summed E-state index contributed by atoms with van der Waals surface area (Å²) < 4.78 is 28.7. The van der Waals surface area contributed by atoms with Crippen molar-refractivity contribution in [3.8, 4) is 0 Å². The first-order valence-corrected chi connectivity index (χ1v) is 13.1. The first-order valence-electron chi connectivity index (χ1n) is 11.2. The summed E-state index contributed by atoms with van der Waals surface area (Å²) in [6.07, 6.45) is 3.87. The van der Waals surface area contributed by atoms with Crippen LogP contribution in [0.1, 0.15) is 40.0 Å². The molecule has 0 atom stereocenters. The lowest BCUT2D eigenvalue weighted by Gasteiger charge is -2.36. The first kappa shape index (κ1) is 24.5. The second-order valence-electron chi connectivity index (χ2n) is 9.79. The number of sulfone groups is 1. The van der Waals surface area contributed by atoms with Crippen molar-refractivity contribution in [3.05, 3.63) is 24.3 Å². The van der Waals surface area contributed by atoms with Gasteiger partial charge in [0.15, 0.2) is 9.84 Å². The van der Waals surface area contributed by atoms with E-state index in [0.29, 0.717) is 19.0 Å². The van der Waals surface area contributed by atoms with Crippen molar-refractivity contribution < 1.29 is 22.7 Å². The average molecular weight is 466 g/mol. The molecule has 0 saturated carbocycles. The van der Waals surface area contributed by atoms with E-state index in [0.717, 1.165) is 51.1 Å². The number of hydrogen-bond donors (Lipinski definition) is 0. The summed E-state index contributed by atoms with van der Waals surface area (Å²) in [4.78, 5) is 30.8. The van der Waals surface area contributed by atoms with E-state index in [-0.39, 0.29) is 16.9 Å². The van der Waals surface area contributed by atoms with E-state index in [4.69, 9.17) is 4.74 Å². The Bertz CT molecular complexity index is 916. The number of piperazine rings is 1. The second kappa shape index (κ2) is 9.79. The fourth-order valence-corrected chi connectivity index (χ4v) is 4.79. The number of rotatable bonds is 5. The highest BCUT2D eigenvalue weighted by Gasteiger charge is 2.29. The third kappa shape index (κ3) is 6.68. The highest BCUT2D eigenvalue weighted by Crippen LogP contribution is 2.24. The molecule has 2 fully saturated rings. The summed E-state index contributed by atoms with van der Waals surface area (Å²) in [5.41, 5.74) is 0.259. The molecule has 8 nitrogen and oxygen atoms in total.